The van der Waals surface area contributed by atoms with E-state index in [1.165, 1.54) is 30.5 Å². The van der Waals surface area contributed by atoms with Crippen LogP contribution in [0.4, 0.5) is 0 Å². The zero-order chi connectivity index (χ0) is 17.2. The molecule has 2 saturated heterocycles. The first-order chi connectivity index (χ1) is 12.2. The fourth-order valence-electron chi connectivity index (χ4n) is 4.29. The highest BCUT2D eigenvalue weighted by Gasteiger charge is 2.31. The maximum atomic E-state index is 12.7. The summed E-state index contributed by atoms with van der Waals surface area (Å²) in [5.41, 5.74) is 0.856. The second kappa shape index (κ2) is 7.14. The highest BCUT2D eigenvalue weighted by atomic mass is 16.2. The first-order valence-electron chi connectivity index (χ1n) is 9.40. The molecule has 1 atom stereocenters. The molecule has 1 N–H and O–H groups in total. The van der Waals surface area contributed by atoms with Gasteiger partial charge in [0, 0.05) is 25.6 Å². The van der Waals surface area contributed by atoms with Crippen LogP contribution in [0.5, 0.6) is 0 Å². The van der Waals surface area contributed by atoms with E-state index in [0.29, 0.717) is 12.0 Å². The first kappa shape index (κ1) is 16.5. The normalized spacial score (nSPS) is 23.0. The molecule has 1 aromatic heterocycles. The molecule has 3 heterocycles. The third kappa shape index (κ3) is 3.28. The molecule has 0 saturated carbocycles. The van der Waals surface area contributed by atoms with Gasteiger partial charge in [-0.1, -0.05) is 18.2 Å². The van der Waals surface area contributed by atoms with Crippen LogP contribution < -0.4 is 11.0 Å². The molecule has 2 fully saturated rings. The summed E-state index contributed by atoms with van der Waals surface area (Å²) in [4.78, 5) is 15.3. The number of likely N-dealkylation sites (tertiary alicyclic amines) is 1. The van der Waals surface area contributed by atoms with Crippen LogP contribution in [-0.2, 0) is 7.05 Å². The summed E-state index contributed by atoms with van der Waals surface area (Å²) in [6, 6.07) is 10.6. The van der Waals surface area contributed by atoms with E-state index in [4.69, 9.17) is 0 Å². The molecule has 6 heteroatoms. The van der Waals surface area contributed by atoms with Gasteiger partial charge in [-0.2, -0.15) is 5.10 Å². The van der Waals surface area contributed by atoms with Crippen molar-refractivity contribution in [3.8, 4) is 5.69 Å². The van der Waals surface area contributed by atoms with Gasteiger partial charge in [-0.25, -0.2) is 14.0 Å². The van der Waals surface area contributed by atoms with Crippen molar-refractivity contribution in [3.63, 3.8) is 0 Å². The Bertz CT molecular complexity index is 760. The number of para-hydroxylation sites is 1. The molecule has 0 amide bonds. The molecule has 1 aromatic carbocycles. The van der Waals surface area contributed by atoms with Crippen molar-refractivity contribution in [3.05, 3.63) is 46.6 Å². The van der Waals surface area contributed by atoms with Crippen molar-refractivity contribution in [1.29, 1.82) is 0 Å². The fourth-order valence-corrected chi connectivity index (χ4v) is 4.29. The molecule has 2 aromatic rings. The van der Waals surface area contributed by atoms with Gasteiger partial charge >= 0.3 is 5.69 Å². The number of hydrogen-bond acceptors (Lipinski definition) is 4. The Morgan fingerprint density at radius 1 is 1.12 bits per heavy atom. The highest BCUT2D eigenvalue weighted by molar-refractivity contribution is 5.33. The molecule has 0 spiro atoms. The van der Waals surface area contributed by atoms with Gasteiger partial charge in [-0.05, 0) is 57.5 Å². The minimum absolute atomic E-state index is 0.0554. The Kier molecular flexibility index (Phi) is 4.72. The quantitative estimate of drug-likeness (QED) is 0.919. The van der Waals surface area contributed by atoms with Crippen molar-refractivity contribution in [2.45, 2.75) is 37.6 Å². The Labute approximate surface area is 148 Å². The van der Waals surface area contributed by atoms with Gasteiger partial charge in [-0.3, -0.25) is 4.90 Å². The summed E-state index contributed by atoms with van der Waals surface area (Å²) in [6.45, 7) is 4.41. The lowest BCUT2D eigenvalue weighted by atomic mass is 9.93. The van der Waals surface area contributed by atoms with Crippen LogP contribution in [0.2, 0.25) is 0 Å². The average molecular weight is 341 g/mol. The van der Waals surface area contributed by atoms with Crippen LogP contribution in [0.1, 0.15) is 37.4 Å². The number of benzene rings is 1. The molecule has 25 heavy (non-hydrogen) atoms. The molecule has 0 radical (unpaired) electrons. The van der Waals surface area contributed by atoms with E-state index in [1.54, 1.807) is 11.6 Å². The predicted octanol–water partition coefficient (Wildman–Crippen LogP) is 1.50. The molecular weight excluding hydrogens is 314 g/mol. The maximum Gasteiger partial charge on any atom is 0.350 e. The number of hydrogen-bond donors (Lipinski definition) is 1. The van der Waals surface area contributed by atoms with Crippen LogP contribution in [0.25, 0.3) is 5.69 Å². The van der Waals surface area contributed by atoms with Crippen molar-refractivity contribution in [1.82, 2.24) is 24.6 Å². The first-order valence-corrected chi connectivity index (χ1v) is 9.40. The van der Waals surface area contributed by atoms with Crippen molar-refractivity contribution >= 4 is 0 Å². The smallest absolute Gasteiger partial charge is 0.317 e. The minimum atomic E-state index is -0.0554. The van der Waals surface area contributed by atoms with Crippen LogP contribution in [0.3, 0.4) is 0 Å². The molecule has 0 unspecified atom stereocenters. The highest BCUT2D eigenvalue weighted by Crippen LogP contribution is 2.29. The third-order valence-corrected chi connectivity index (χ3v) is 5.61. The van der Waals surface area contributed by atoms with Crippen LogP contribution in [0, 0.1) is 0 Å². The Morgan fingerprint density at radius 2 is 1.88 bits per heavy atom. The van der Waals surface area contributed by atoms with Crippen molar-refractivity contribution in [2.24, 2.45) is 7.05 Å². The molecule has 0 bridgehead atoms. The zero-order valence-corrected chi connectivity index (χ0v) is 14.9. The van der Waals surface area contributed by atoms with E-state index in [2.05, 4.69) is 15.3 Å². The molecule has 6 nitrogen and oxygen atoms in total. The summed E-state index contributed by atoms with van der Waals surface area (Å²) in [7, 11) is 1.75. The van der Waals surface area contributed by atoms with E-state index >= 15 is 0 Å². The number of aryl methyl sites for hydroxylation is 1. The summed E-state index contributed by atoms with van der Waals surface area (Å²) >= 11 is 0. The largest absolute Gasteiger partial charge is 0.350 e. The molecular formula is C19H27N5O. The molecule has 134 valence electrons. The van der Waals surface area contributed by atoms with Crippen LogP contribution >= 0.6 is 0 Å². The number of nitrogens with one attached hydrogen (secondary N) is 1. The zero-order valence-electron chi connectivity index (χ0n) is 14.9. The minimum Gasteiger partial charge on any atom is -0.317 e. The lowest BCUT2D eigenvalue weighted by molar-refractivity contribution is 0.121. The Balaban J connectivity index is 1.63. The Hall–Kier alpha value is -1.92. The summed E-state index contributed by atoms with van der Waals surface area (Å²) in [5, 5.41) is 8.07. The lowest BCUT2D eigenvalue weighted by Gasteiger charge is -2.39. The summed E-state index contributed by atoms with van der Waals surface area (Å²) in [6.07, 6.45) is 4.72. The standard InChI is InChI=1S/C19H27N5O/c1-22-19(25)24(17-7-3-2-4-8-17)18(21-22)15-6-5-13-23(14-15)16-9-11-20-12-10-16/h2-4,7-8,15-16,20H,5-6,9-14H2,1H3/t15-/m1/s1. The predicted molar refractivity (Wildman–Crippen MR) is 98.2 cm³/mol. The molecule has 0 aliphatic carbocycles. The Morgan fingerprint density at radius 3 is 2.64 bits per heavy atom. The van der Waals surface area contributed by atoms with Crippen molar-refractivity contribution in [2.75, 3.05) is 26.2 Å². The van der Waals surface area contributed by atoms with Gasteiger partial charge in [0.1, 0.15) is 5.82 Å². The summed E-state index contributed by atoms with van der Waals surface area (Å²) in [5.74, 6) is 1.23. The molecule has 2 aliphatic rings. The molecule has 4 rings (SSSR count). The second-order valence-electron chi connectivity index (χ2n) is 7.25. The van der Waals surface area contributed by atoms with Crippen LogP contribution in [-0.4, -0.2) is 51.5 Å². The number of nitrogens with zero attached hydrogens (tertiary/aromatic N) is 4. The van der Waals surface area contributed by atoms with Gasteiger partial charge < -0.3 is 5.32 Å². The van der Waals surface area contributed by atoms with E-state index in [1.807, 2.05) is 30.3 Å². The van der Waals surface area contributed by atoms with E-state index in [0.717, 1.165) is 37.6 Å². The van der Waals surface area contributed by atoms with E-state index in [9.17, 15) is 4.79 Å². The number of rotatable bonds is 3. The SMILES string of the molecule is Cn1nc([C@@H]2CCCN(C3CCNCC3)C2)n(-c2ccccc2)c1=O. The number of aromatic nitrogens is 3. The average Bonchev–Trinajstić information content (AvgIpc) is 2.98. The van der Waals surface area contributed by atoms with Gasteiger partial charge in [0.05, 0.1) is 5.69 Å². The number of piperidine rings is 2. The second-order valence-corrected chi connectivity index (χ2v) is 7.25. The lowest BCUT2D eigenvalue weighted by Crippen LogP contribution is -2.47. The van der Waals surface area contributed by atoms with Crippen LogP contribution in [0.15, 0.2) is 35.1 Å². The topological polar surface area (TPSA) is 55.1 Å². The van der Waals surface area contributed by atoms with Gasteiger partial charge in [-0.15, -0.1) is 0 Å². The van der Waals surface area contributed by atoms with E-state index < -0.39 is 0 Å². The van der Waals surface area contributed by atoms with Gasteiger partial charge in [0.2, 0.25) is 0 Å². The van der Waals surface area contributed by atoms with Gasteiger partial charge in [0.15, 0.2) is 0 Å². The fraction of sp³-hybridized carbons (Fsp3) is 0.579. The summed E-state index contributed by atoms with van der Waals surface area (Å²) < 4.78 is 3.28. The monoisotopic (exact) mass is 341 g/mol. The van der Waals surface area contributed by atoms with E-state index in [-0.39, 0.29) is 5.69 Å². The third-order valence-electron chi connectivity index (χ3n) is 5.61. The van der Waals surface area contributed by atoms with Gasteiger partial charge in [0.25, 0.3) is 0 Å². The maximum absolute atomic E-state index is 12.7. The van der Waals surface area contributed by atoms with Crippen molar-refractivity contribution < 1.29 is 0 Å². The molecule has 2 aliphatic heterocycles.